The summed E-state index contributed by atoms with van der Waals surface area (Å²) in [4.78, 5) is 0. The van der Waals surface area contributed by atoms with Crippen LogP contribution >= 0.6 is 0 Å². The second-order valence-corrected chi connectivity index (χ2v) is 7.80. The number of rotatable bonds is 2. The molecule has 3 atom stereocenters. The van der Waals surface area contributed by atoms with Crippen LogP contribution in [0.3, 0.4) is 0 Å². The molecule has 2 aliphatic rings. The van der Waals surface area contributed by atoms with Gasteiger partial charge in [-0.2, -0.15) is 0 Å². The summed E-state index contributed by atoms with van der Waals surface area (Å²) in [6.45, 7) is 6.75. The Morgan fingerprint density at radius 3 is 2.60 bits per heavy atom. The quantitative estimate of drug-likeness (QED) is 0.752. The molecule has 3 heteroatoms. The fraction of sp³-hybridized carbons (Fsp3) is 0.455. The third kappa shape index (κ3) is 3.23. The van der Waals surface area contributed by atoms with Gasteiger partial charge in [-0.25, -0.2) is 4.39 Å². The molecule has 1 saturated heterocycles. The summed E-state index contributed by atoms with van der Waals surface area (Å²) < 4.78 is 25.7. The van der Waals surface area contributed by atoms with Gasteiger partial charge in [0.1, 0.15) is 5.82 Å². The first-order valence-corrected chi connectivity index (χ1v) is 9.11. The van der Waals surface area contributed by atoms with Crippen LogP contribution in [0, 0.1) is 5.82 Å². The molecule has 4 rings (SSSR count). The van der Waals surface area contributed by atoms with E-state index in [0.717, 1.165) is 18.4 Å². The topological polar surface area (TPSA) is 18.5 Å². The monoisotopic (exact) mass is 340 g/mol. The van der Waals surface area contributed by atoms with E-state index in [1.54, 1.807) is 12.1 Å². The second kappa shape index (κ2) is 6.22. The second-order valence-electron chi connectivity index (χ2n) is 7.80. The predicted octanol–water partition coefficient (Wildman–Crippen LogP) is 5.16. The lowest BCUT2D eigenvalue weighted by molar-refractivity contribution is -0.139. The van der Waals surface area contributed by atoms with Gasteiger partial charge in [0.05, 0.1) is 12.7 Å². The van der Waals surface area contributed by atoms with Gasteiger partial charge in [-0.1, -0.05) is 37.3 Å². The third-order valence-corrected chi connectivity index (χ3v) is 5.62. The summed E-state index contributed by atoms with van der Waals surface area (Å²) in [7, 11) is 0. The van der Waals surface area contributed by atoms with Crippen molar-refractivity contribution < 1.29 is 13.9 Å². The van der Waals surface area contributed by atoms with Gasteiger partial charge in [0, 0.05) is 0 Å². The number of hydrogen-bond donors (Lipinski definition) is 0. The summed E-state index contributed by atoms with van der Waals surface area (Å²) in [6, 6.07) is 13.8. The predicted molar refractivity (Wildman–Crippen MR) is 96.3 cm³/mol. The lowest BCUT2D eigenvalue weighted by Gasteiger charge is -2.27. The zero-order chi connectivity index (χ0) is 17.6. The van der Waals surface area contributed by atoms with Crippen LogP contribution in [0.1, 0.15) is 61.3 Å². The molecule has 132 valence electrons. The average Bonchev–Trinajstić information content (AvgIpc) is 2.87. The summed E-state index contributed by atoms with van der Waals surface area (Å²) in [5.74, 6) is -0.136. The third-order valence-electron chi connectivity index (χ3n) is 5.62. The van der Waals surface area contributed by atoms with Crippen molar-refractivity contribution in [1.82, 2.24) is 0 Å². The van der Waals surface area contributed by atoms with Gasteiger partial charge in [-0.3, -0.25) is 0 Å². The molecule has 0 spiro atoms. The molecule has 2 aromatic rings. The normalized spacial score (nSPS) is 27.4. The number of hydrogen-bond acceptors (Lipinski definition) is 2. The molecule has 1 fully saturated rings. The van der Waals surface area contributed by atoms with E-state index in [1.165, 1.54) is 16.7 Å². The smallest absolute Gasteiger partial charge is 0.163 e. The molecule has 1 aliphatic carbocycles. The fourth-order valence-electron chi connectivity index (χ4n) is 4.39. The van der Waals surface area contributed by atoms with Gasteiger partial charge in [0.15, 0.2) is 5.79 Å². The molecule has 0 amide bonds. The molecular formula is C22H25FO2. The van der Waals surface area contributed by atoms with E-state index in [1.807, 2.05) is 19.9 Å². The first-order valence-electron chi connectivity index (χ1n) is 9.11. The van der Waals surface area contributed by atoms with E-state index in [9.17, 15) is 4.39 Å². The average molecular weight is 340 g/mol. The standard InChI is InChI=1S/C22H25FO2/c1-14-20-11-17(23)9-8-16(20)10-15-6-4-5-7-19(15)21(14)12-18-13-24-22(2,3)25-18/h4-9,11,14,18,21H,10,12-13H2,1-3H3/t14-,18?,21+/m1/s1. The summed E-state index contributed by atoms with van der Waals surface area (Å²) in [5.41, 5.74) is 5.05. The Bertz CT molecular complexity index is 783. The number of halogens is 1. The highest BCUT2D eigenvalue weighted by molar-refractivity contribution is 5.45. The van der Waals surface area contributed by atoms with Crippen molar-refractivity contribution in [2.75, 3.05) is 6.61 Å². The van der Waals surface area contributed by atoms with E-state index in [0.29, 0.717) is 12.5 Å². The minimum Gasteiger partial charge on any atom is -0.348 e. The lowest BCUT2D eigenvalue weighted by Crippen LogP contribution is -2.23. The van der Waals surface area contributed by atoms with Gasteiger partial charge >= 0.3 is 0 Å². The minimum atomic E-state index is -0.512. The molecule has 0 saturated carbocycles. The maximum absolute atomic E-state index is 13.9. The molecule has 0 aromatic heterocycles. The van der Waals surface area contributed by atoms with Crippen LogP contribution in [0.2, 0.25) is 0 Å². The maximum atomic E-state index is 13.9. The molecule has 2 aromatic carbocycles. The van der Waals surface area contributed by atoms with Crippen LogP contribution in [-0.4, -0.2) is 18.5 Å². The highest BCUT2D eigenvalue weighted by atomic mass is 19.1. The van der Waals surface area contributed by atoms with E-state index in [4.69, 9.17) is 9.47 Å². The highest BCUT2D eigenvalue weighted by Crippen LogP contribution is 2.44. The zero-order valence-corrected chi connectivity index (χ0v) is 15.1. The maximum Gasteiger partial charge on any atom is 0.163 e. The van der Waals surface area contributed by atoms with Gasteiger partial charge in [0.2, 0.25) is 0 Å². The highest BCUT2D eigenvalue weighted by Gasteiger charge is 2.37. The Labute approximate surface area is 149 Å². The molecule has 0 bridgehead atoms. The number of benzene rings is 2. The summed E-state index contributed by atoms with van der Waals surface area (Å²) >= 11 is 0. The van der Waals surface area contributed by atoms with Gasteiger partial charge in [0.25, 0.3) is 0 Å². The Kier molecular flexibility index (Phi) is 4.17. The van der Waals surface area contributed by atoms with Crippen molar-refractivity contribution in [3.63, 3.8) is 0 Å². The Balaban J connectivity index is 1.73. The SMILES string of the molecule is C[C@@H]1c2cc(F)ccc2Cc2ccccc2[C@H]1CC1COC(C)(C)O1. The summed E-state index contributed by atoms with van der Waals surface area (Å²) in [6.07, 6.45) is 1.82. The number of fused-ring (bicyclic) bond motifs is 2. The van der Waals surface area contributed by atoms with E-state index >= 15 is 0 Å². The molecule has 0 N–H and O–H groups in total. The summed E-state index contributed by atoms with van der Waals surface area (Å²) in [5, 5.41) is 0. The number of ether oxygens (including phenoxy) is 2. The molecule has 0 radical (unpaired) electrons. The van der Waals surface area contributed by atoms with Crippen molar-refractivity contribution in [2.24, 2.45) is 0 Å². The van der Waals surface area contributed by atoms with Crippen molar-refractivity contribution >= 4 is 0 Å². The van der Waals surface area contributed by atoms with Gasteiger partial charge in [-0.15, -0.1) is 0 Å². The molecule has 25 heavy (non-hydrogen) atoms. The Hall–Kier alpha value is -1.71. The Morgan fingerprint density at radius 2 is 1.84 bits per heavy atom. The molecular weight excluding hydrogens is 315 g/mol. The Morgan fingerprint density at radius 1 is 1.08 bits per heavy atom. The fourth-order valence-corrected chi connectivity index (χ4v) is 4.39. The van der Waals surface area contributed by atoms with Crippen LogP contribution in [0.5, 0.6) is 0 Å². The van der Waals surface area contributed by atoms with Gasteiger partial charge < -0.3 is 9.47 Å². The first kappa shape index (κ1) is 16.7. The van der Waals surface area contributed by atoms with E-state index in [2.05, 4.69) is 31.2 Å². The van der Waals surface area contributed by atoms with Crippen molar-refractivity contribution in [1.29, 1.82) is 0 Å². The first-order chi connectivity index (χ1) is 11.9. The molecule has 1 heterocycles. The van der Waals surface area contributed by atoms with Crippen LogP contribution < -0.4 is 0 Å². The minimum absolute atomic E-state index is 0.0746. The lowest BCUT2D eigenvalue weighted by atomic mass is 9.79. The van der Waals surface area contributed by atoms with Crippen LogP contribution in [0.25, 0.3) is 0 Å². The van der Waals surface area contributed by atoms with Crippen LogP contribution in [0.15, 0.2) is 42.5 Å². The van der Waals surface area contributed by atoms with E-state index in [-0.39, 0.29) is 17.8 Å². The van der Waals surface area contributed by atoms with Crippen molar-refractivity contribution in [2.45, 2.75) is 57.3 Å². The van der Waals surface area contributed by atoms with Crippen molar-refractivity contribution in [3.05, 3.63) is 70.5 Å². The molecule has 1 unspecified atom stereocenters. The molecule has 1 aliphatic heterocycles. The van der Waals surface area contributed by atoms with Crippen LogP contribution in [-0.2, 0) is 15.9 Å². The molecule has 2 nitrogen and oxygen atoms in total. The van der Waals surface area contributed by atoms with Crippen molar-refractivity contribution in [3.8, 4) is 0 Å². The van der Waals surface area contributed by atoms with E-state index < -0.39 is 5.79 Å². The van der Waals surface area contributed by atoms with Crippen LogP contribution in [0.4, 0.5) is 4.39 Å². The van der Waals surface area contributed by atoms with Gasteiger partial charge in [-0.05, 0) is 72.9 Å². The largest absolute Gasteiger partial charge is 0.348 e. The zero-order valence-electron chi connectivity index (χ0n) is 15.1.